The van der Waals surface area contributed by atoms with E-state index in [2.05, 4.69) is 31.1 Å². The predicted molar refractivity (Wildman–Crippen MR) is 106 cm³/mol. The van der Waals surface area contributed by atoms with E-state index in [1.807, 2.05) is 40.8 Å². The van der Waals surface area contributed by atoms with Crippen LogP contribution in [-0.4, -0.2) is 27.1 Å². The van der Waals surface area contributed by atoms with Gasteiger partial charge in [0.2, 0.25) is 5.91 Å². The zero-order valence-corrected chi connectivity index (χ0v) is 16.4. The summed E-state index contributed by atoms with van der Waals surface area (Å²) >= 11 is 6.47. The van der Waals surface area contributed by atoms with E-state index in [4.69, 9.17) is 11.6 Å². The highest BCUT2D eigenvalue weighted by Crippen LogP contribution is 2.32. The second-order valence-electron chi connectivity index (χ2n) is 7.30. The van der Waals surface area contributed by atoms with Gasteiger partial charge in [-0.15, -0.1) is 0 Å². The molecule has 26 heavy (non-hydrogen) atoms. The van der Waals surface area contributed by atoms with Gasteiger partial charge in [0, 0.05) is 24.7 Å². The van der Waals surface area contributed by atoms with Crippen molar-refractivity contribution in [3.8, 4) is 0 Å². The normalized spacial score (nSPS) is 17.6. The predicted octanol–water partition coefficient (Wildman–Crippen LogP) is 4.88. The van der Waals surface area contributed by atoms with Crippen LogP contribution in [0.4, 0.5) is 0 Å². The third-order valence-corrected chi connectivity index (χ3v) is 5.16. The molecule has 0 spiro atoms. The largest absolute Gasteiger partial charge is 0.332 e. The van der Waals surface area contributed by atoms with E-state index in [0.717, 1.165) is 37.2 Å². The number of nitrogens with zero attached hydrogens (tertiary/aromatic N) is 3. The Labute approximate surface area is 160 Å². The Morgan fingerprint density at radius 3 is 2.77 bits per heavy atom. The van der Waals surface area contributed by atoms with Gasteiger partial charge in [0.1, 0.15) is 5.15 Å². The molecule has 0 bridgehead atoms. The van der Waals surface area contributed by atoms with E-state index in [9.17, 15) is 4.79 Å². The molecule has 1 aliphatic heterocycles. The molecule has 1 fully saturated rings. The minimum Gasteiger partial charge on any atom is -0.332 e. The zero-order chi connectivity index (χ0) is 18.7. The lowest BCUT2D eigenvalue weighted by atomic mass is 10.0. The Hall–Kier alpha value is -2.07. The molecular formula is C21H26ClN3O. The molecule has 3 rings (SSSR count). The fourth-order valence-electron chi connectivity index (χ4n) is 3.53. The molecule has 1 aromatic carbocycles. The summed E-state index contributed by atoms with van der Waals surface area (Å²) in [6.07, 6.45) is 5.49. The van der Waals surface area contributed by atoms with Crippen LogP contribution in [0.2, 0.25) is 5.15 Å². The monoisotopic (exact) mass is 371 g/mol. The first-order valence-electron chi connectivity index (χ1n) is 9.24. The maximum absolute atomic E-state index is 12.8. The van der Waals surface area contributed by atoms with E-state index in [-0.39, 0.29) is 11.9 Å². The molecule has 2 aromatic rings. The highest BCUT2D eigenvalue weighted by molar-refractivity contribution is 6.31. The number of rotatable bonds is 5. The van der Waals surface area contributed by atoms with Gasteiger partial charge in [0.05, 0.1) is 11.7 Å². The van der Waals surface area contributed by atoms with E-state index >= 15 is 0 Å². The molecule has 5 heteroatoms. The number of hydrogen-bond donors (Lipinski definition) is 0. The van der Waals surface area contributed by atoms with Gasteiger partial charge in [-0.25, -0.2) is 0 Å². The number of aryl methyl sites for hydroxylation is 1. The number of benzene rings is 1. The molecule has 1 atom stereocenters. The number of carbonyl (C=O) groups excluding carboxylic acids is 1. The SMILES string of the molecule is Cc1nn(CC(C)C)c(Cl)c1/C=C/C(=O)N1CCCC1c1ccccc1. The molecule has 1 amide bonds. The van der Waals surface area contributed by atoms with Gasteiger partial charge >= 0.3 is 0 Å². The first kappa shape index (κ1) is 18.7. The standard InChI is InChI=1S/C21H26ClN3O/c1-15(2)14-25-21(22)18(16(3)23-25)11-12-20(26)24-13-7-10-19(24)17-8-5-4-6-9-17/h4-6,8-9,11-12,15,19H,7,10,13-14H2,1-3H3/b12-11+. The van der Waals surface area contributed by atoms with Gasteiger partial charge in [-0.1, -0.05) is 55.8 Å². The second-order valence-corrected chi connectivity index (χ2v) is 7.66. The summed E-state index contributed by atoms with van der Waals surface area (Å²) in [7, 11) is 0. The minimum atomic E-state index is 0.0310. The molecule has 138 valence electrons. The third kappa shape index (κ3) is 4.01. The van der Waals surface area contributed by atoms with Crippen molar-refractivity contribution in [1.82, 2.24) is 14.7 Å². The van der Waals surface area contributed by atoms with Crippen LogP contribution in [-0.2, 0) is 11.3 Å². The highest BCUT2D eigenvalue weighted by Gasteiger charge is 2.28. The Bertz CT molecular complexity index is 795. The van der Waals surface area contributed by atoms with Crippen molar-refractivity contribution in [2.75, 3.05) is 6.54 Å². The van der Waals surface area contributed by atoms with Crippen LogP contribution in [0.15, 0.2) is 36.4 Å². The topological polar surface area (TPSA) is 38.1 Å². The minimum absolute atomic E-state index is 0.0310. The molecule has 1 aliphatic rings. The van der Waals surface area contributed by atoms with Gasteiger partial charge in [-0.2, -0.15) is 5.10 Å². The Morgan fingerprint density at radius 2 is 2.08 bits per heavy atom. The summed E-state index contributed by atoms with van der Waals surface area (Å²) in [5.41, 5.74) is 2.88. The lowest BCUT2D eigenvalue weighted by Gasteiger charge is -2.23. The number of likely N-dealkylation sites (tertiary alicyclic amines) is 1. The molecule has 0 saturated carbocycles. The molecule has 2 heterocycles. The Kier molecular flexibility index (Phi) is 5.82. The summed E-state index contributed by atoms with van der Waals surface area (Å²) in [6, 6.07) is 10.4. The number of amides is 1. The number of halogens is 1. The van der Waals surface area contributed by atoms with Gasteiger partial charge in [0.25, 0.3) is 0 Å². The van der Waals surface area contributed by atoms with Crippen molar-refractivity contribution >= 4 is 23.6 Å². The fourth-order valence-corrected chi connectivity index (χ4v) is 3.83. The van der Waals surface area contributed by atoms with E-state index in [1.54, 1.807) is 6.08 Å². The summed E-state index contributed by atoms with van der Waals surface area (Å²) in [5, 5.41) is 5.10. The van der Waals surface area contributed by atoms with Crippen molar-refractivity contribution in [3.63, 3.8) is 0 Å². The highest BCUT2D eigenvalue weighted by atomic mass is 35.5. The molecular weight excluding hydrogens is 346 g/mol. The maximum atomic E-state index is 12.8. The Morgan fingerprint density at radius 1 is 1.35 bits per heavy atom. The van der Waals surface area contributed by atoms with Crippen molar-refractivity contribution in [2.24, 2.45) is 5.92 Å². The van der Waals surface area contributed by atoms with E-state index in [0.29, 0.717) is 11.1 Å². The van der Waals surface area contributed by atoms with Gasteiger partial charge in [0.15, 0.2) is 0 Å². The number of aromatic nitrogens is 2. The molecule has 4 nitrogen and oxygen atoms in total. The number of carbonyl (C=O) groups is 1. The third-order valence-electron chi connectivity index (χ3n) is 4.76. The summed E-state index contributed by atoms with van der Waals surface area (Å²) in [5.74, 6) is 0.491. The van der Waals surface area contributed by atoms with Crippen molar-refractivity contribution < 1.29 is 4.79 Å². The molecule has 1 unspecified atom stereocenters. The molecule has 1 saturated heterocycles. The van der Waals surface area contributed by atoms with Crippen LogP contribution in [0.3, 0.4) is 0 Å². The molecule has 0 N–H and O–H groups in total. The van der Waals surface area contributed by atoms with Crippen molar-refractivity contribution in [3.05, 3.63) is 58.4 Å². The van der Waals surface area contributed by atoms with Gasteiger partial charge in [-0.05, 0) is 37.3 Å². The molecule has 0 radical (unpaired) electrons. The second kappa shape index (κ2) is 8.09. The van der Waals surface area contributed by atoms with Crippen LogP contribution in [0.25, 0.3) is 6.08 Å². The van der Waals surface area contributed by atoms with Crippen LogP contribution in [0.5, 0.6) is 0 Å². The van der Waals surface area contributed by atoms with Gasteiger partial charge < -0.3 is 4.90 Å². The Balaban J connectivity index is 1.76. The average Bonchev–Trinajstić information content (AvgIpc) is 3.19. The summed E-state index contributed by atoms with van der Waals surface area (Å²) < 4.78 is 1.81. The first-order chi connectivity index (χ1) is 12.5. The molecule has 1 aromatic heterocycles. The van der Waals surface area contributed by atoms with Crippen molar-refractivity contribution in [1.29, 1.82) is 0 Å². The first-order valence-corrected chi connectivity index (χ1v) is 9.61. The zero-order valence-electron chi connectivity index (χ0n) is 15.7. The van der Waals surface area contributed by atoms with Crippen molar-refractivity contribution in [2.45, 2.75) is 46.2 Å². The van der Waals surface area contributed by atoms with Crippen LogP contribution in [0, 0.1) is 12.8 Å². The number of hydrogen-bond acceptors (Lipinski definition) is 2. The van der Waals surface area contributed by atoms with Crippen LogP contribution >= 0.6 is 11.6 Å². The summed E-state index contributed by atoms with van der Waals surface area (Å²) in [4.78, 5) is 14.7. The van der Waals surface area contributed by atoms with Crippen LogP contribution in [0.1, 0.15) is 49.6 Å². The lowest BCUT2D eigenvalue weighted by Crippen LogP contribution is -2.28. The maximum Gasteiger partial charge on any atom is 0.247 e. The van der Waals surface area contributed by atoms with Crippen LogP contribution < -0.4 is 0 Å². The average molecular weight is 372 g/mol. The fraction of sp³-hybridized carbons (Fsp3) is 0.429. The quantitative estimate of drug-likeness (QED) is 0.702. The van der Waals surface area contributed by atoms with E-state index in [1.165, 1.54) is 5.56 Å². The smallest absolute Gasteiger partial charge is 0.247 e. The lowest BCUT2D eigenvalue weighted by molar-refractivity contribution is -0.126. The summed E-state index contributed by atoms with van der Waals surface area (Å²) in [6.45, 7) is 7.74. The van der Waals surface area contributed by atoms with E-state index < -0.39 is 0 Å². The van der Waals surface area contributed by atoms with Gasteiger partial charge in [-0.3, -0.25) is 9.48 Å². The molecule has 0 aliphatic carbocycles.